The number of Topliss-reactive ketones (excluding diaryl/α,β-unsaturated/α-hetero) is 1. The summed E-state index contributed by atoms with van der Waals surface area (Å²) in [5, 5.41) is 0. The molecule has 4 nitrogen and oxygen atoms in total. The molecule has 4 heteroatoms. The topological polar surface area (TPSA) is 55.4 Å². The SMILES string of the molecule is CC(=O)CCNOC(C)=O. The molecule has 0 heterocycles. The molecule has 0 aromatic rings. The summed E-state index contributed by atoms with van der Waals surface area (Å²) < 4.78 is 0. The van der Waals surface area contributed by atoms with Gasteiger partial charge in [0, 0.05) is 19.9 Å². The van der Waals surface area contributed by atoms with Gasteiger partial charge in [-0.3, -0.25) is 9.59 Å². The Morgan fingerprint density at radius 1 is 1.40 bits per heavy atom. The van der Waals surface area contributed by atoms with E-state index >= 15 is 0 Å². The van der Waals surface area contributed by atoms with Gasteiger partial charge in [0.05, 0.1) is 0 Å². The summed E-state index contributed by atoms with van der Waals surface area (Å²) in [6.45, 7) is 3.16. The van der Waals surface area contributed by atoms with Crippen molar-refractivity contribution in [3.05, 3.63) is 0 Å². The van der Waals surface area contributed by atoms with Crippen LogP contribution in [0.2, 0.25) is 0 Å². The first-order valence-electron chi connectivity index (χ1n) is 3.02. The van der Waals surface area contributed by atoms with Crippen molar-refractivity contribution < 1.29 is 14.4 Å². The Balaban J connectivity index is 3.06. The third kappa shape index (κ3) is 7.10. The molecule has 58 valence electrons. The molecular weight excluding hydrogens is 134 g/mol. The van der Waals surface area contributed by atoms with Crippen molar-refractivity contribution in [1.29, 1.82) is 0 Å². The van der Waals surface area contributed by atoms with Gasteiger partial charge in [-0.25, -0.2) is 0 Å². The van der Waals surface area contributed by atoms with Gasteiger partial charge in [-0.15, -0.1) is 0 Å². The summed E-state index contributed by atoms with van der Waals surface area (Å²) >= 11 is 0. The fourth-order valence-corrected chi connectivity index (χ4v) is 0.380. The second-order valence-electron chi connectivity index (χ2n) is 1.94. The van der Waals surface area contributed by atoms with Crippen LogP contribution in [0.1, 0.15) is 20.3 Å². The summed E-state index contributed by atoms with van der Waals surface area (Å²) in [6, 6.07) is 0. The zero-order valence-corrected chi connectivity index (χ0v) is 6.14. The zero-order valence-electron chi connectivity index (χ0n) is 6.14. The maximum absolute atomic E-state index is 10.3. The molecule has 0 aromatic carbocycles. The minimum absolute atomic E-state index is 0.0691. The fraction of sp³-hybridized carbons (Fsp3) is 0.667. The molecule has 0 atom stereocenters. The smallest absolute Gasteiger partial charge is 0.321 e. The van der Waals surface area contributed by atoms with Crippen LogP contribution in [0.25, 0.3) is 0 Å². The lowest BCUT2D eigenvalue weighted by atomic mass is 10.3. The molecule has 0 bridgehead atoms. The monoisotopic (exact) mass is 145 g/mol. The Morgan fingerprint density at radius 3 is 2.40 bits per heavy atom. The summed E-state index contributed by atoms with van der Waals surface area (Å²) in [7, 11) is 0. The molecule has 0 fully saturated rings. The Morgan fingerprint density at radius 2 is 2.00 bits per heavy atom. The van der Waals surface area contributed by atoms with Crippen LogP contribution in [0.15, 0.2) is 0 Å². The highest BCUT2D eigenvalue weighted by atomic mass is 16.7. The van der Waals surface area contributed by atoms with Gasteiger partial charge in [0.25, 0.3) is 0 Å². The molecule has 0 rings (SSSR count). The van der Waals surface area contributed by atoms with E-state index in [0.29, 0.717) is 13.0 Å². The number of hydrogen-bond acceptors (Lipinski definition) is 4. The number of nitrogens with one attached hydrogen (secondary N) is 1. The molecule has 0 aliphatic rings. The highest BCUT2D eigenvalue weighted by Gasteiger charge is 1.93. The highest BCUT2D eigenvalue weighted by molar-refractivity contribution is 5.75. The maximum Gasteiger partial charge on any atom is 0.321 e. The van der Waals surface area contributed by atoms with E-state index in [1.54, 1.807) is 0 Å². The number of ketones is 1. The fourth-order valence-electron chi connectivity index (χ4n) is 0.380. The predicted octanol–water partition coefficient (Wildman–Crippen LogP) is 0.0332. The average molecular weight is 145 g/mol. The van der Waals surface area contributed by atoms with E-state index in [1.807, 2.05) is 0 Å². The Hall–Kier alpha value is -0.900. The molecule has 0 spiro atoms. The summed E-state index contributed by atoms with van der Waals surface area (Å²) in [5.74, 6) is -0.330. The highest BCUT2D eigenvalue weighted by Crippen LogP contribution is 1.78. The van der Waals surface area contributed by atoms with E-state index in [-0.39, 0.29) is 5.78 Å². The molecule has 0 saturated heterocycles. The summed E-state index contributed by atoms with van der Waals surface area (Å²) in [6.07, 6.45) is 0.382. The van der Waals surface area contributed by atoms with Crippen molar-refractivity contribution in [3.63, 3.8) is 0 Å². The number of carbonyl (C=O) groups excluding carboxylic acids is 2. The summed E-state index contributed by atoms with van der Waals surface area (Å²) in [4.78, 5) is 24.8. The van der Waals surface area contributed by atoms with Gasteiger partial charge in [0.2, 0.25) is 0 Å². The standard InChI is InChI=1S/C6H11NO3/c1-5(8)3-4-7-10-6(2)9/h7H,3-4H2,1-2H3. The van der Waals surface area contributed by atoms with Crippen molar-refractivity contribution in [3.8, 4) is 0 Å². The molecule has 0 saturated carbocycles. The number of rotatable bonds is 4. The van der Waals surface area contributed by atoms with Crippen LogP contribution >= 0.6 is 0 Å². The lowest BCUT2D eigenvalue weighted by Gasteiger charge is -1.99. The zero-order chi connectivity index (χ0) is 7.98. The normalized spacial score (nSPS) is 9.00. The number of hydroxylamine groups is 1. The first-order chi connectivity index (χ1) is 4.63. The van der Waals surface area contributed by atoms with E-state index in [1.165, 1.54) is 13.8 Å². The average Bonchev–Trinajstić information content (AvgIpc) is 1.79. The van der Waals surface area contributed by atoms with Crippen molar-refractivity contribution in [2.24, 2.45) is 0 Å². The van der Waals surface area contributed by atoms with Crippen LogP contribution in [-0.4, -0.2) is 18.3 Å². The second-order valence-corrected chi connectivity index (χ2v) is 1.94. The van der Waals surface area contributed by atoms with Gasteiger partial charge in [-0.2, -0.15) is 5.48 Å². The molecule has 0 aromatic heterocycles. The maximum atomic E-state index is 10.3. The number of carbonyl (C=O) groups is 2. The van der Waals surface area contributed by atoms with Gasteiger partial charge in [-0.05, 0) is 6.92 Å². The van der Waals surface area contributed by atoms with E-state index in [4.69, 9.17) is 0 Å². The van der Waals surface area contributed by atoms with Crippen molar-refractivity contribution in [1.82, 2.24) is 5.48 Å². The number of hydrogen-bond donors (Lipinski definition) is 1. The van der Waals surface area contributed by atoms with Gasteiger partial charge in [0.15, 0.2) is 0 Å². The van der Waals surface area contributed by atoms with Crippen LogP contribution in [-0.2, 0) is 14.4 Å². The van der Waals surface area contributed by atoms with Crippen molar-refractivity contribution in [2.45, 2.75) is 20.3 Å². The largest absolute Gasteiger partial charge is 0.371 e. The second kappa shape index (κ2) is 4.93. The molecule has 0 aliphatic carbocycles. The minimum Gasteiger partial charge on any atom is -0.371 e. The lowest BCUT2D eigenvalue weighted by Crippen LogP contribution is -2.20. The van der Waals surface area contributed by atoms with E-state index in [2.05, 4.69) is 10.3 Å². The van der Waals surface area contributed by atoms with Crippen LogP contribution < -0.4 is 5.48 Å². The third-order valence-electron chi connectivity index (χ3n) is 0.795. The lowest BCUT2D eigenvalue weighted by molar-refractivity contribution is -0.148. The van der Waals surface area contributed by atoms with Crippen molar-refractivity contribution >= 4 is 11.8 Å². The van der Waals surface area contributed by atoms with Gasteiger partial charge in [0.1, 0.15) is 5.78 Å². The van der Waals surface area contributed by atoms with Gasteiger partial charge < -0.3 is 4.84 Å². The first kappa shape index (κ1) is 9.10. The molecular formula is C6H11NO3. The van der Waals surface area contributed by atoms with Crippen LogP contribution in [0, 0.1) is 0 Å². The quantitative estimate of drug-likeness (QED) is 0.448. The molecule has 1 N–H and O–H groups in total. The van der Waals surface area contributed by atoms with E-state index < -0.39 is 5.97 Å². The van der Waals surface area contributed by atoms with Crippen LogP contribution in [0.3, 0.4) is 0 Å². The first-order valence-corrected chi connectivity index (χ1v) is 3.02. The molecule has 0 radical (unpaired) electrons. The van der Waals surface area contributed by atoms with E-state index in [9.17, 15) is 9.59 Å². The van der Waals surface area contributed by atoms with E-state index in [0.717, 1.165) is 0 Å². The Bertz CT molecular complexity index is 117. The van der Waals surface area contributed by atoms with Gasteiger partial charge in [-0.1, -0.05) is 0 Å². The van der Waals surface area contributed by atoms with Crippen molar-refractivity contribution in [2.75, 3.05) is 6.54 Å². The third-order valence-corrected chi connectivity index (χ3v) is 0.795. The van der Waals surface area contributed by atoms with Gasteiger partial charge >= 0.3 is 5.97 Å². The summed E-state index contributed by atoms with van der Waals surface area (Å²) in [5.41, 5.74) is 2.35. The molecule has 0 amide bonds. The van der Waals surface area contributed by atoms with Crippen LogP contribution in [0.5, 0.6) is 0 Å². The molecule has 10 heavy (non-hydrogen) atoms. The Labute approximate surface area is 59.5 Å². The van der Waals surface area contributed by atoms with Crippen LogP contribution in [0.4, 0.5) is 0 Å². The molecule has 0 unspecified atom stereocenters. The minimum atomic E-state index is -0.399. The molecule has 0 aliphatic heterocycles. The predicted molar refractivity (Wildman–Crippen MR) is 35.1 cm³/mol. The Kier molecular flexibility index (Phi) is 4.49.